The van der Waals surface area contributed by atoms with Gasteiger partial charge in [0, 0.05) is 84.6 Å². The van der Waals surface area contributed by atoms with E-state index in [2.05, 4.69) is 29.9 Å². The fourth-order valence-electron chi connectivity index (χ4n) is 1.89. The van der Waals surface area contributed by atoms with Crippen LogP contribution in [0.1, 0.15) is 0 Å². The van der Waals surface area contributed by atoms with E-state index in [1.807, 2.05) is 114 Å². The minimum Gasteiger partial charge on any atom is -0.412 e. The van der Waals surface area contributed by atoms with E-state index in [4.69, 9.17) is 0 Å². The summed E-state index contributed by atoms with van der Waals surface area (Å²) in [6, 6.07) is 0. The first-order valence-corrected chi connectivity index (χ1v) is 9.39. The zero-order valence-electron chi connectivity index (χ0n) is 20.9. The number of hydrogen-bond donors (Lipinski definition) is 0. The van der Waals surface area contributed by atoms with Crippen molar-refractivity contribution < 1.29 is 5.48 Å². The molecule has 176 valence electrons. The van der Waals surface area contributed by atoms with Crippen molar-refractivity contribution in [3.63, 3.8) is 0 Å². The first kappa shape index (κ1) is 27.8. The van der Waals surface area contributed by atoms with Crippen molar-refractivity contribution >= 4 is 35.7 Å². The van der Waals surface area contributed by atoms with Crippen LogP contribution >= 0.6 is 0 Å². The quantitative estimate of drug-likeness (QED) is 0.566. The second-order valence-corrected chi connectivity index (χ2v) is 7.84. The van der Waals surface area contributed by atoms with E-state index in [1.54, 1.807) is 0 Å². The molecule has 0 saturated heterocycles. The molecule has 0 bridgehead atoms. The molecule has 0 aromatic carbocycles. The van der Waals surface area contributed by atoms with Gasteiger partial charge >= 0.3 is 0 Å². The molecule has 0 amide bonds. The molecule has 0 aliphatic heterocycles. The van der Waals surface area contributed by atoms with Crippen LogP contribution < -0.4 is 29.4 Å². The van der Waals surface area contributed by atoms with Crippen molar-refractivity contribution in [1.82, 2.24) is 29.9 Å². The van der Waals surface area contributed by atoms with Crippen molar-refractivity contribution in [3.05, 3.63) is 0 Å². The van der Waals surface area contributed by atoms with Gasteiger partial charge in [-0.1, -0.05) is 0 Å². The summed E-state index contributed by atoms with van der Waals surface area (Å²) in [6.07, 6.45) is 0. The molecular weight excluding hydrogens is 400 g/mol. The van der Waals surface area contributed by atoms with Crippen molar-refractivity contribution in [3.8, 4) is 0 Å². The lowest BCUT2D eigenvalue weighted by atomic mass is 10.7. The maximum Gasteiger partial charge on any atom is 0.231 e. The van der Waals surface area contributed by atoms with Gasteiger partial charge in [-0.3, -0.25) is 0 Å². The molecule has 0 radical (unpaired) electrons. The van der Waals surface area contributed by atoms with Gasteiger partial charge in [0.25, 0.3) is 0 Å². The van der Waals surface area contributed by atoms with Crippen LogP contribution in [0.2, 0.25) is 0 Å². The van der Waals surface area contributed by atoms with Gasteiger partial charge < -0.3 is 34.9 Å². The zero-order valence-corrected chi connectivity index (χ0v) is 20.9. The SMILES string of the molecule is CN(C)c1nc(N(C)C)nc(N(C)C)n1.CN(C)c1nc(N(C)C)nc(N(C)C)n1.O. The Balaban J connectivity index is 0.000000562. The summed E-state index contributed by atoms with van der Waals surface area (Å²) in [5.74, 6) is 3.99. The Bertz CT molecular complexity index is 611. The minimum absolute atomic E-state index is 0. The van der Waals surface area contributed by atoms with Crippen LogP contribution in [-0.2, 0) is 0 Å². The monoisotopic (exact) mass is 438 g/mol. The van der Waals surface area contributed by atoms with E-state index < -0.39 is 0 Å². The first-order valence-electron chi connectivity index (χ1n) is 9.39. The molecule has 2 aromatic rings. The van der Waals surface area contributed by atoms with Crippen LogP contribution in [0.5, 0.6) is 0 Å². The second kappa shape index (κ2) is 11.8. The average molecular weight is 439 g/mol. The molecule has 2 rings (SSSR count). The van der Waals surface area contributed by atoms with Crippen molar-refractivity contribution in [2.75, 3.05) is 114 Å². The summed E-state index contributed by atoms with van der Waals surface area (Å²) in [6.45, 7) is 0. The molecule has 13 nitrogen and oxygen atoms in total. The number of aromatic nitrogens is 6. The molecule has 0 spiro atoms. The molecule has 13 heteroatoms. The van der Waals surface area contributed by atoms with Crippen LogP contribution in [0.4, 0.5) is 35.7 Å². The number of anilines is 6. The Hall–Kier alpha value is -3.22. The highest BCUT2D eigenvalue weighted by Gasteiger charge is 2.11. The lowest BCUT2D eigenvalue weighted by Gasteiger charge is -2.18. The topological polar surface area (TPSA) is 128 Å². The van der Waals surface area contributed by atoms with Gasteiger partial charge in [-0.25, -0.2) is 0 Å². The highest BCUT2D eigenvalue weighted by Crippen LogP contribution is 2.15. The molecular formula is C18H38N12O. The van der Waals surface area contributed by atoms with Gasteiger partial charge in [-0.2, -0.15) is 29.9 Å². The Morgan fingerprint density at radius 2 is 0.387 bits per heavy atom. The van der Waals surface area contributed by atoms with Crippen LogP contribution in [0.25, 0.3) is 0 Å². The summed E-state index contributed by atoms with van der Waals surface area (Å²) < 4.78 is 0. The normalized spacial score (nSPS) is 9.68. The Labute approximate surface area is 185 Å². The van der Waals surface area contributed by atoms with E-state index in [9.17, 15) is 0 Å². The third-order valence-corrected chi connectivity index (χ3v) is 3.60. The van der Waals surface area contributed by atoms with E-state index in [-0.39, 0.29) is 5.48 Å². The average Bonchev–Trinajstić information content (AvgIpc) is 2.67. The Morgan fingerprint density at radius 3 is 0.452 bits per heavy atom. The van der Waals surface area contributed by atoms with Crippen molar-refractivity contribution in [2.24, 2.45) is 0 Å². The van der Waals surface area contributed by atoms with Crippen molar-refractivity contribution in [2.45, 2.75) is 0 Å². The summed E-state index contributed by atoms with van der Waals surface area (Å²) in [5, 5.41) is 0. The molecule has 2 heterocycles. The molecule has 2 N–H and O–H groups in total. The molecule has 0 aliphatic rings. The molecule has 0 fully saturated rings. The summed E-state index contributed by atoms with van der Waals surface area (Å²) in [4.78, 5) is 37.1. The predicted octanol–water partition coefficient (Wildman–Crippen LogP) is -0.685. The zero-order chi connectivity index (χ0) is 23.2. The standard InChI is InChI=1S/2C9H18N6.H2O/c2*1-13(2)7-10-8(14(3)4)12-9(11-7)15(5)6;/h2*1-6H3;1H2. The van der Waals surface area contributed by atoms with E-state index >= 15 is 0 Å². The van der Waals surface area contributed by atoms with Crippen LogP contribution in [0.3, 0.4) is 0 Å². The second-order valence-electron chi connectivity index (χ2n) is 7.84. The molecule has 31 heavy (non-hydrogen) atoms. The van der Waals surface area contributed by atoms with Crippen molar-refractivity contribution in [1.29, 1.82) is 0 Å². The third-order valence-electron chi connectivity index (χ3n) is 3.60. The maximum absolute atomic E-state index is 4.32. The van der Waals surface area contributed by atoms with E-state index in [0.717, 1.165) is 0 Å². The fourth-order valence-corrected chi connectivity index (χ4v) is 1.89. The third kappa shape index (κ3) is 8.20. The number of rotatable bonds is 6. The summed E-state index contributed by atoms with van der Waals surface area (Å²) in [7, 11) is 22.9. The minimum atomic E-state index is 0. The van der Waals surface area contributed by atoms with Gasteiger partial charge in [-0.15, -0.1) is 0 Å². The van der Waals surface area contributed by atoms with Crippen LogP contribution in [0.15, 0.2) is 0 Å². The molecule has 0 atom stereocenters. The first-order chi connectivity index (χ1) is 13.8. The Morgan fingerprint density at radius 1 is 0.290 bits per heavy atom. The van der Waals surface area contributed by atoms with Gasteiger partial charge in [0.1, 0.15) is 0 Å². The number of hydrogen-bond acceptors (Lipinski definition) is 12. The van der Waals surface area contributed by atoms with Gasteiger partial charge in [-0.05, 0) is 0 Å². The van der Waals surface area contributed by atoms with E-state index in [0.29, 0.717) is 35.7 Å². The smallest absolute Gasteiger partial charge is 0.231 e. The van der Waals surface area contributed by atoms with Gasteiger partial charge in [0.2, 0.25) is 35.7 Å². The molecule has 0 unspecified atom stereocenters. The predicted molar refractivity (Wildman–Crippen MR) is 129 cm³/mol. The fraction of sp³-hybridized carbons (Fsp3) is 0.667. The molecule has 0 saturated carbocycles. The van der Waals surface area contributed by atoms with Crippen LogP contribution in [0, 0.1) is 0 Å². The summed E-state index contributed by atoms with van der Waals surface area (Å²) in [5.41, 5.74) is 0. The number of nitrogens with zero attached hydrogens (tertiary/aromatic N) is 12. The van der Waals surface area contributed by atoms with Crippen LogP contribution in [-0.4, -0.2) is 120 Å². The lowest BCUT2D eigenvalue weighted by molar-refractivity contribution is 0.824. The summed E-state index contributed by atoms with van der Waals surface area (Å²) >= 11 is 0. The largest absolute Gasteiger partial charge is 0.412 e. The lowest BCUT2D eigenvalue weighted by Crippen LogP contribution is -2.22. The molecule has 0 aliphatic carbocycles. The van der Waals surface area contributed by atoms with Gasteiger partial charge in [0.05, 0.1) is 0 Å². The highest BCUT2D eigenvalue weighted by molar-refractivity contribution is 5.45. The Kier molecular flexibility index (Phi) is 10.6. The molecule has 2 aromatic heterocycles. The highest BCUT2D eigenvalue weighted by atomic mass is 16.0. The van der Waals surface area contributed by atoms with E-state index in [1.165, 1.54) is 0 Å². The maximum atomic E-state index is 4.32. The van der Waals surface area contributed by atoms with Gasteiger partial charge in [0.15, 0.2) is 0 Å².